The lowest BCUT2D eigenvalue weighted by Crippen LogP contribution is -2.31. The fraction of sp³-hybridized carbons (Fsp3) is 0.227. The number of aromatic nitrogens is 1. The van der Waals surface area contributed by atoms with Crippen LogP contribution in [0.25, 0.3) is 10.9 Å². The van der Waals surface area contributed by atoms with Crippen LogP contribution in [0.2, 0.25) is 0 Å². The smallest absolute Gasteiger partial charge is 0.247 e. The van der Waals surface area contributed by atoms with Gasteiger partial charge in [-0.05, 0) is 54.6 Å². The van der Waals surface area contributed by atoms with E-state index in [0.717, 1.165) is 34.3 Å². The van der Waals surface area contributed by atoms with E-state index >= 15 is 0 Å². The second-order valence-electron chi connectivity index (χ2n) is 7.42. The second-order valence-corrected chi connectivity index (χ2v) is 8.69. The third kappa shape index (κ3) is 3.53. The van der Waals surface area contributed by atoms with E-state index < -0.39 is 5.25 Å². The van der Waals surface area contributed by atoms with Gasteiger partial charge in [-0.2, -0.15) is 0 Å². The number of hydrogen-bond acceptors (Lipinski definition) is 4. The van der Waals surface area contributed by atoms with Crippen LogP contribution in [-0.4, -0.2) is 28.0 Å². The van der Waals surface area contributed by atoms with Crippen LogP contribution in [-0.2, 0) is 14.4 Å². The zero-order valence-electron chi connectivity index (χ0n) is 15.6. The molecule has 146 valence electrons. The number of benzene rings is 2. The van der Waals surface area contributed by atoms with Gasteiger partial charge in [-0.15, -0.1) is 11.8 Å². The standard InChI is InChI=1S/C22H19N3O3S/c26-20-12-19(22(28)25(20)16-7-6-13-8-9-23-18(13)11-16)29-17-3-1-2-15(10-17)24-21(27)14-4-5-14/h1-3,6-11,14,19,23H,4-5,12H2,(H,24,27). The summed E-state index contributed by atoms with van der Waals surface area (Å²) in [5.41, 5.74) is 2.19. The first-order chi connectivity index (χ1) is 14.1. The fourth-order valence-corrected chi connectivity index (χ4v) is 4.66. The van der Waals surface area contributed by atoms with Gasteiger partial charge >= 0.3 is 0 Å². The van der Waals surface area contributed by atoms with Crippen molar-refractivity contribution in [3.05, 3.63) is 54.7 Å². The third-order valence-electron chi connectivity index (χ3n) is 5.23. The number of hydrogen-bond donors (Lipinski definition) is 2. The first-order valence-corrected chi connectivity index (χ1v) is 10.5. The number of aromatic amines is 1. The molecule has 2 aliphatic rings. The molecule has 1 aromatic heterocycles. The van der Waals surface area contributed by atoms with Crippen LogP contribution >= 0.6 is 11.8 Å². The number of rotatable bonds is 5. The highest BCUT2D eigenvalue weighted by Crippen LogP contribution is 2.36. The minimum atomic E-state index is -0.476. The molecule has 1 aliphatic carbocycles. The van der Waals surface area contributed by atoms with Gasteiger partial charge < -0.3 is 10.3 Å². The molecule has 1 atom stereocenters. The van der Waals surface area contributed by atoms with Crippen LogP contribution in [0.15, 0.2) is 59.6 Å². The highest BCUT2D eigenvalue weighted by atomic mass is 32.2. The third-order valence-corrected chi connectivity index (χ3v) is 6.41. The Morgan fingerprint density at radius 2 is 1.97 bits per heavy atom. The maximum absolute atomic E-state index is 13.0. The summed E-state index contributed by atoms with van der Waals surface area (Å²) in [5.74, 6) is -0.231. The summed E-state index contributed by atoms with van der Waals surface area (Å²) in [5, 5.41) is 3.48. The number of imide groups is 1. The first kappa shape index (κ1) is 18.0. The molecule has 29 heavy (non-hydrogen) atoms. The summed E-state index contributed by atoms with van der Waals surface area (Å²) in [7, 11) is 0. The summed E-state index contributed by atoms with van der Waals surface area (Å²) >= 11 is 1.36. The molecule has 0 bridgehead atoms. The Bertz CT molecular complexity index is 1140. The summed E-state index contributed by atoms with van der Waals surface area (Å²) in [6.45, 7) is 0. The van der Waals surface area contributed by atoms with E-state index in [1.54, 1.807) is 6.07 Å². The molecule has 1 saturated heterocycles. The van der Waals surface area contributed by atoms with Crippen LogP contribution in [0, 0.1) is 5.92 Å². The molecule has 3 aromatic rings. The monoisotopic (exact) mass is 405 g/mol. The van der Waals surface area contributed by atoms with Crippen molar-refractivity contribution < 1.29 is 14.4 Å². The molecule has 0 spiro atoms. The van der Waals surface area contributed by atoms with Crippen molar-refractivity contribution in [3.63, 3.8) is 0 Å². The lowest BCUT2D eigenvalue weighted by Gasteiger charge is -2.15. The molecule has 2 fully saturated rings. The van der Waals surface area contributed by atoms with E-state index in [-0.39, 0.29) is 30.1 Å². The summed E-state index contributed by atoms with van der Waals surface area (Å²) in [4.78, 5) is 42.7. The van der Waals surface area contributed by atoms with Gasteiger partial charge in [0.25, 0.3) is 0 Å². The van der Waals surface area contributed by atoms with E-state index in [1.165, 1.54) is 16.7 Å². The van der Waals surface area contributed by atoms with Crippen molar-refractivity contribution in [1.82, 2.24) is 4.98 Å². The Hall–Kier alpha value is -3.06. The van der Waals surface area contributed by atoms with Crippen molar-refractivity contribution in [2.75, 3.05) is 10.2 Å². The van der Waals surface area contributed by atoms with Crippen molar-refractivity contribution in [2.45, 2.75) is 29.4 Å². The SMILES string of the molecule is O=C(Nc1cccc(SC2CC(=O)N(c3ccc4cc[nH]c4c3)C2=O)c1)C1CC1. The summed E-state index contributed by atoms with van der Waals surface area (Å²) < 4.78 is 0. The predicted molar refractivity (Wildman–Crippen MR) is 113 cm³/mol. The Kier molecular flexibility index (Phi) is 4.39. The van der Waals surface area contributed by atoms with Gasteiger partial charge in [-0.25, -0.2) is 4.90 Å². The van der Waals surface area contributed by atoms with Crippen LogP contribution in [0.4, 0.5) is 11.4 Å². The van der Waals surface area contributed by atoms with E-state index in [0.29, 0.717) is 5.69 Å². The largest absolute Gasteiger partial charge is 0.361 e. The molecule has 2 heterocycles. The van der Waals surface area contributed by atoms with Gasteiger partial charge in [-0.1, -0.05) is 12.1 Å². The maximum Gasteiger partial charge on any atom is 0.247 e. The number of thioether (sulfide) groups is 1. The average Bonchev–Trinajstić information content (AvgIpc) is 3.39. The Morgan fingerprint density at radius 3 is 2.79 bits per heavy atom. The molecular weight excluding hydrogens is 386 g/mol. The lowest BCUT2D eigenvalue weighted by molar-refractivity contribution is -0.121. The molecule has 1 unspecified atom stereocenters. The van der Waals surface area contributed by atoms with Crippen LogP contribution in [0.1, 0.15) is 19.3 Å². The molecule has 7 heteroatoms. The van der Waals surface area contributed by atoms with E-state index in [1.807, 2.05) is 48.7 Å². The molecule has 2 N–H and O–H groups in total. The molecule has 3 amide bonds. The van der Waals surface area contributed by atoms with Gasteiger partial charge in [0.15, 0.2) is 0 Å². The van der Waals surface area contributed by atoms with Gasteiger partial charge in [0.2, 0.25) is 17.7 Å². The van der Waals surface area contributed by atoms with Gasteiger partial charge in [0.05, 0.1) is 10.9 Å². The summed E-state index contributed by atoms with van der Waals surface area (Å²) in [6, 6.07) is 14.9. The minimum Gasteiger partial charge on any atom is -0.361 e. The van der Waals surface area contributed by atoms with Crippen LogP contribution in [0.3, 0.4) is 0 Å². The number of carbonyl (C=O) groups excluding carboxylic acids is 3. The van der Waals surface area contributed by atoms with Gasteiger partial charge in [0, 0.05) is 34.6 Å². The number of amides is 3. The highest BCUT2D eigenvalue weighted by Gasteiger charge is 2.40. The van der Waals surface area contributed by atoms with E-state index in [2.05, 4.69) is 10.3 Å². The fourth-order valence-electron chi connectivity index (χ4n) is 3.54. The van der Waals surface area contributed by atoms with Crippen molar-refractivity contribution >= 4 is 51.8 Å². The minimum absolute atomic E-state index is 0.0464. The molecule has 5 rings (SSSR count). The topological polar surface area (TPSA) is 82.3 Å². The second kappa shape index (κ2) is 7.08. The Morgan fingerprint density at radius 1 is 1.10 bits per heavy atom. The zero-order chi connectivity index (χ0) is 20.0. The molecule has 2 aromatic carbocycles. The maximum atomic E-state index is 13.0. The number of nitrogens with zero attached hydrogens (tertiary/aromatic N) is 1. The Labute approximate surface area is 171 Å². The van der Waals surface area contributed by atoms with Crippen LogP contribution < -0.4 is 10.2 Å². The van der Waals surface area contributed by atoms with Crippen molar-refractivity contribution in [3.8, 4) is 0 Å². The van der Waals surface area contributed by atoms with E-state index in [4.69, 9.17) is 0 Å². The number of anilines is 2. The van der Waals surface area contributed by atoms with Crippen molar-refractivity contribution in [2.24, 2.45) is 5.92 Å². The van der Waals surface area contributed by atoms with Gasteiger partial charge in [0.1, 0.15) is 0 Å². The predicted octanol–water partition coefficient (Wildman–Crippen LogP) is 3.94. The number of fused-ring (bicyclic) bond motifs is 1. The quantitative estimate of drug-likeness (QED) is 0.630. The first-order valence-electron chi connectivity index (χ1n) is 9.60. The summed E-state index contributed by atoms with van der Waals surface area (Å²) in [6.07, 6.45) is 3.88. The number of H-pyrrole nitrogens is 1. The molecule has 6 nitrogen and oxygen atoms in total. The highest BCUT2D eigenvalue weighted by molar-refractivity contribution is 8.00. The van der Waals surface area contributed by atoms with Crippen LogP contribution in [0.5, 0.6) is 0 Å². The number of nitrogens with one attached hydrogen (secondary N) is 2. The molecule has 1 saturated carbocycles. The zero-order valence-corrected chi connectivity index (χ0v) is 16.4. The van der Waals surface area contributed by atoms with Crippen molar-refractivity contribution in [1.29, 1.82) is 0 Å². The number of carbonyl (C=O) groups is 3. The van der Waals surface area contributed by atoms with Gasteiger partial charge in [-0.3, -0.25) is 14.4 Å². The molecule has 0 radical (unpaired) electrons. The Balaban J connectivity index is 1.32. The normalized spacial score (nSPS) is 19.2. The molecule has 1 aliphatic heterocycles. The van der Waals surface area contributed by atoms with E-state index in [9.17, 15) is 14.4 Å². The lowest BCUT2D eigenvalue weighted by atomic mass is 10.2. The molecular formula is C22H19N3O3S. The average molecular weight is 405 g/mol.